The third-order valence-corrected chi connectivity index (χ3v) is 11.6. The van der Waals surface area contributed by atoms with E-state index in [0.29, 0.717) is 0 Å². The van der Waals surface area contributed by atoms with Crippen LogP contribution in [0.2, 0.25) is 0 Å². The largest absolute Gasteiger partial charge is 0.454 e. The Bertz CT molecular complexity index is 3110. The third kappa shape index (κ3) is 4.45. The fourth-order valence-corrected chi connectivity index (χ4v) is 8.96. The number of para-hydroxylation sites is 2. The third-order valence-electron chi connectivity index (χ3n) is 11.6. The van der Waals surface area contributed by atoms with Gasteiger partial charge in [0.05, 0.1) is 11.4 Å². The molecule has 1 aliphatic rings. The first-order chi connectivity index (χ1) is 26.0. The van der Waals surface area contributed by atoms with Crippen molar-refractivity contribution in [3.8, 4) is 22.3 Å². The lowest BCUT2D eigenvalue weighted by Crippen LogP contribution is -2.17. The van der Waals surface area contributed by atoms with Gasteiger partial charge in [0.25, 0.3) is 0 Å². The van der Waals surface area contributed by atoms with Crippen LogP contribution in [-0.2, 0) is 5.41 Å². The lowest BCUT2D eigenvalue weighted by Gasteiger charge is -2.30. The number of nitrogens with zero attached hydrogens (tertiary/aromatic N) is 1. The maximum absolute atomic E-state index is 6.78. The smallest absolute Gasteiger partial charge is 0.159 e. The summed E-state index contributed by atoms with van der Waals surface area (Å²) < 4.78 is 6.78. The summed E-state index contributed by atoms with van der Waals surface area (Å²) >= 11 is 0. The molecule has 0 bridgehead atoms. The van der Waals surface area contributed by atoms with Gasteiger partial charge in [-0.05, 0) is 109 Å². The van der Waals surface area contributed by atoms with Crippen LogP contribution in [0, 0.1) is 0 Å². The summed E-state index contributed by atoms with van der Waals surface area (Å²) in [5, 5.41) is 9.65. The molecule has 250 valence electrons. The normalized spacial score (nSPS) is 13.2. The van der Waals surface area contributed by atoms with E-state index in [1.165, 1.54) is 65.7 Å². The second kappa shape index (κ2) is 11.2. The highest BCUT2D eigenvalue weighted by Gasteiger charge is 2.37. The van der Waals surface area contributed by atoms with Crippen LogP contribution in [0.4, 0.5) is 17.1 Å². The molecule has 53 heavy (non-hydrogen) atoms. The van der Waals surface area contributed by atoms with Gasteiger partial charge in [0.2, 0.25) is 0 Å². The Morgan fingerprint density at radius 1 is 0.434 bits per heavy atom. The van der Waals surface area contributed by atoms with Crippen molar-refractivity contribution in [1.29, 1.82) is 0 Å². The SMILES string of the molecule is CC1(C)c2cc(N(c3ccc4ccccc4c3-c3ccc4ccccc4c3)c3cccc4c3oc3ccccc34)ccc2-c2cc3ccccc3cc21. The van der Waals surface area contributed by atoms with Gasteiger partial charge >= 0.3 is 0 Å². The molecule has 0 fully saturated rings. The number of hydrogen-bond donors (Lipinski definition) is 0. The van der Waals surface area contributed by atoms with Crippen molar-refractivity contribution >= 4 is 71.3 Å². The monoisotopic (exact) mass is 677 g/mol. The van der Waals surface area contributed by atoms with Gasteiger partial charge in [0, 0.05) is 27.4 Å². The van der Waals surface area contributed by atoms with Gasteiger partial charge in [-0.2, -0.15) is 0 Å². The molecular weight excluding hydrogens is 643 g/mol. The zero-order valence-electron chi connectivity index (χ0n) is 29.6. The molecule has 0 saturated carbocycles. The van der Waals surface area contributed by atoms with E-state index in [2.05, 4.69) is 189 Å². The van der Waals surface area contributed by atoms with Crippen LogP contribution < -0.4 is 4.90 Å². The molecule has 0 atom stereocenters. The van der Waals surface area contributed by atoms with Crippen LogP contribution in [0.15, 0.2) is 180 Å². The Morgan fingerprint density at radius 3 is 1.91 bits per heavy atom. The lowest BCUT2D eigenvalue weighted by molar-refractivity contribution is 0.661. The van der Waals surface area contributed by atoms with Crippen molar-refractivity contribution in [3.05, 3.63) is 187 Å². The first-order valence-corrected chi connectivity index (χ1v) is 18.4. The molecule has 9 aromatic carbocycles. The van der Waals surface area contributed by atoms with Crippen molar-refractivity contribution < 1.29 is 4.42 Å². The first-order valence-electron chi connectivity index (χ1n) is 18.4. The van der Waals surface area contributed by atoms with Crippen molar-refractivity contribution in [3.63, 3.8) is 0 Å². The molecule has 11 rings (SSSR count). The quantitative estimate of drug-likeness (QED) is 0.184. The molecule has 0 saturated heterocycles. The Balaban J connectivity index is 1.22. The summed E-state index contributed by atoms with van der Waals surface area (Å²) in [5.74, 6) is 0. The van der Waals surface area contributed by atoms with E-state index in [0.717, 1.165) is 39.0 Å². The molecule has 0 aliphatic heterocycles. The number of anilines is 3. The van der Waals surface area contributed by atoms with Crippen LogP contribution in [0.25, 0.3) is 76.5 Å². The molecule has 0 spiro atoms. The maximum atomic E-state index is 6.78. The summed E-state index contributed by atoms with van der Waals surface area (Å²) in [6.07, 6.45) is 0. The second-order valence-electron chi connectivity index (χ2n) is 14.9. The minimum absolute atomic E-state index is 0.188. The lowest BCUT2D eigenvalue weighted by atomic mass is 9.81. The van der Waals surface area contributed by atoms with Gasteiger partial charge in [0.15, 0.2) is 5.58 Å². The summed E-state index contributed by atoms with van der Waals surface area (Å²) in [5.41, 5.74) is 12.5. The predicted molar refractivity (Wildman–Crippen MR) is 224 cm³/mol. The van der Waals surface area contributed by atoms with Gasteiger partial charge in [-0.15, -0.1) is 0 Å². The van der Waals surface area contributed by atoms with Crippen LogP contribution in [0.3, 0.4) is 0 Å². The summed E-state index contributed by atoms with van der Waals surface area (Å²) in [4.78, 5) is 2.44. The first kappa shape index (κ1) is 30.0. The predicted octanol–water partition coefficient (Wildman–Crippen LogP) is 14.5. The van der Waals surface area contributed by atoms with Crippen LogP contribution in [0.1, 0.15) is 25.0 Å². The van der Waals surface area contributed by atoms with Crippen LogP contribution in [0.5, 0.6) is 0 Å². The van der Waals surface area contributed by atoms with Crippen molar-refractivity contribution in [2.24, 2.45) is 0 Å². The fourth-order valence-electron chi connectivity index (χ4n) is 8.96. The van der Waals surface area contributed by atoms with Crippen LogP contribution in [-0.4, -0.2) is 0 Å². The molecular formula is C51H35NO. The number of hydrogen-bond acceptors (Lipinski definition) is 2. The fraction of sp³-hybridized carbons (Fsp3) is 0.0588. The van der Waals surface area contributed by atoms with E-state index in [1.807, 2.05) is 6.07 Å². The highest BCUT2D eigenvalue weighted by Crippen LogP contribution is 2.53. The Morgan fingerprint density at radius 2 is 1.08 bits per heavy atom. The van der Waals surface area contributed by atoms with Gasteiger partial charge in [0.1, 0.15) is 5.58 Å². The Hall–Kier alpha value is -6.64. The number of fused-ring (bicyclic) bond motifs is 9. The molecule has 1 heterocycles. The number of benzene rings is 9. The maximum Gasteiger partial charge on any atom is 0.159 e. The highest BCUT2D eigenvalue weighted by atomic mass is 16.3. The number of rotatable bonds is 4. The Kier molecular flexibility index (Phi) is 6.33. The summed E-state index contributed by atoms with van der Waals surface area (Å²) in [6.45, 7) is 4.74. The number of furan rings is 1. The highest BCUT2D eigenvalue weighted by molar-refractivity contribution is 6.13. The van der Waals surface area contributed by atoms with Crippen molar-refractivity contribution in [1.82, 2.24) is 0 Å². The molecule has 1 aromatic heterocycles. The van der Waals surface area contributed by atoms with Crippen molar-refractivity contribution in [2.45, 2.75) is 19.3 Å². The van der Waals surface area contributed by atoms with Crippen molar-refractivity contribution in [2.75, 3.05) is 4.90 Å². The molecule has 1 aliphatic carbocycles. The average molecular weight is 678 g/mol. The van der Waals surface area contributed by atoms with E-state index in [9.17, 15) is 0 Å². The molecule has 0 N–H and O–H groups in total. The zero-order chi connectivity index (χ0) is 35.3. The standard InChI is InChI=1S/C51H35NO/c1-51(2)44-30-36-16-6-5-15-35(36)29-43(44)40-26-25-38(31-45(40)51)52(47-20-11-19-42-41-18-9-10-21-48(41)53-50(42)47)46-27-24-33-13-7-8-17-39(33)49(46)37-23-22-32-12-3-4-14-34(32)28-37/h3-31H,1-2H3. The molecule has 2 heteroatoms. The minimum Gasteiger partial charge on any atom is -0.454 e. The summed E-state index contributed by atoms with van der Waals surface area (Å²) in [6, 6.07) is 64.3. The molecule has 2 nitrogen and oxygen atoms in total. The van der Waals surface area contributed by atoms with E-state index >= 15 is 0 Å². The molecule has 0 radical (unpaired) electrons. The van der Waals surface area contributed by atoms with Gasteiger partial charge < -0.3 is 9.32 Å². The summed E-state index contributed by atoms with van der Waals surface area (Å²) in [7, 11) is 0. The Labute approximate surface area is 308 Å². The van der Waals surface area contributed by atoms with Gasteiger partial charge in [-0.25, -0.2) is 0 Å². The van der Waals surface area contributed by atoms with Gasteiger partial charge in [-0.3, -0.25) is 0 Å². The minimum atomic E-state index is -0.188. The molecule has 0 amide bonds. The topological polar surface area (TPSA) is 16.4 Å². The average Bonchev–Trinajstić information content (AvgIpc) is 3.69. The van der Waals surface area contributed by atoms with Gasteiger partial charge in [-0.1, -0.05) is 141 Å². The zero-order valence-corrected chi connectivity index (χ0v) is 29.6. The second-order valence-corrected chi connectivity index (χ2v) is 14.9. The molecule has 0 unspecified atom stereocenters. The van der Waals surface area contributed by atoms with Crippen LogP contribution >= 0.6 is 0 Å². The molecule has 10 aromatic rings. The van der Waals surface area contributed by atoms with E-state index < -0.39 is 0 Å². The van der Waals surface area contributed by atoms with E-state index in [1.54, 1.807) is 0 Å². The van der Waals surface area contributed by atoms with E-state index in [4.69, 9.17) is 4.42 Å². The van der Waals surface area contributed by atoms with E-state index in [-0.39, 0.29) is 5.41 Å².